The largest absolute Gasteiger partial charge is 0.356 e. The van der Waals surface area contributed by atoms with Crippen LogP contribution in [0.2, 0.25) is 0 Å². The Morgan fingerprint density at radius 2 is 1.74 bits per heavy atom. The van der Waals surface area contributed by atoms with Crippen molar-refractivity contribution in [3.63, 3.8) is 0 Å². The number of nitrogens with zero attached hydrogens (tertiary/aromatic N) is 3. The molecular weight excluding hydrogens is 470 g/mol. The zero-order chi connectivity index (χ0) is 23.7. The number of nitrogens with two attached hydrogens (primary N) is 1. The smallest absolute Gasteiger partial charge is 0.238 e. The Kier molecular flexibility index (Phi) is 6.03. The molecule has 1 fully saturated rings. The number of benzene rings is 2. The van der Waals surface area contributed by atoms with Gasteiger partial charge in [0, 0.05) is 29.6 Å². The first kappa shape index (κ1) is 22.5. The highest BCUT2D eigenvalue weighted by Crippen LogP contribution is 2.37. The number of hydrogen-bond acceptors (Lipinski definition) is 7. The maximum absolute atomic E-state index is 12.8. The predicted octanol–water partition coefficient (Wildman–Crippen LogP) is 3.86. The molecule has 0 atom stereocenters. The van der Waals surface area contributed by atoms with E-state index in [1.54, 1.807) is 29.8 Å². The van der Waals surface area contributed by atoms with Crippen molar-refractivity contribution in [1.82, 2.24) is 9.97 Å². The van der Waals surface area contributed by atoms with E-state index >= 15 is 0 Å². The van der Waals surface area contributed by atoms with E-state index in [9.17, 15) is 13.2 Å². The second kappa shape index (κ2) is 9.13. The van der Waals surface area contributed by atoms with Gasteiger partial charge in [0.25, 0.3) is 0 Å². The quantitative estimate of drug-likeness (QED) is 0.436. The minimum absolute atomic E-state index is 0.0128. The molecule has 1 saturated heterocycles. The van der Waals surface area contributed by atoms with Crippen molar-refractivity contribution in [2.24, 2.45) is 11.1 Å². The Morgan fingerprint density at radius 1 is 1.03 bits per heavy atom. The molecule has 2 aromatic heterocycles. The average Bonchev–Trinajstić information content (AvgIpc) is 3.29. The Bertz CT molecular complexity index is 1430. The zero-order valence-corrected chi connectivity index (χ0v) is 19.8. The lowest BCUT2D eigenvalue weighted by Crippen LogP contribution is -2.38. The minimum atomic E-state index is -3.76. The molecule has 10 heteroatoms. The number of anilines is 2. The summed E-state index contributed by atoms with van der Waals surface area (Å²) in [5.74, 6) is 0.701. The lowest BCUT2D eigenvalue weighted by Gasteiger charge is -2.32. The monoisotopic (exact) mass is 493 g/mol. The number of thiophene rings is 1. The summed E-state index contributed by atoms with van der Waals surface area (Å²) in [7, 11) is -3.76. The van der Waals surface area contributed by atoms with Gasteiger partial charge in [0.15, 0.2) is 0 Å². The number of carbonyl (C=O) groups excluding carboxylic acids is 1. The molecule has 0 spiro atoms. The maximum Gasteiger partial charge on any atom is 0.238 e. The summed E-state index contributed by atoms with van der Waals surface area (Å²) < 4.78 is 22.8. The molecule has 8 nitrogen and oxygen atoms in total. The van der Waals surface area contributed by atoms with Crippen molar-refractivity contribution in [2.45, 2.75) is 17.7 Å². The van der Waals surface area contributed by atoms with E-state index in [1.165, 1.54) is 12.1 Å². The molecule has 4 aromatic rings. The van der Waals surface area contributed by atoms with Crippen LogP contribution in [0, 0.1) is 5.92 Å². The van der Waals surface area contributed by atoms with Gasteiger partial charge in [-0.2, -0.15) is 0 Å². The Hall–Kier alpha value is -3.34. The van der Waals surface area contributed by atoms with Crippen LogP contribution in [0.4, 0.5) is 11.5 Å². The summed E-state index contributed by atoms with van der Waals surface area (Å²) >= 11 is 1.65. The number of piperidine rings is 1. The van der Waals surface area contributed by atoms with Gasteiger partial charge in [-0.05, 0) is 48.7 Å². The molecule has 1 amide bonds. The third kappa shape index (κ3) is 4.65. The number of carbonyl (C=O) groups is 1. The first-order chi connectivity index (χ1) is 16.4. The lowest BCUT2D eigenvalue weighted by atomic mass is 9.95. The highest BCUT2D eigenvalue weighted by molar-refractivity contribution is 7.89. The van der Waals surface area contributed by atoms with E-state index in [2.05, 4.69) is 38.4 Å². The zero-order valence-electron chi connectivity index (χ0n) is 18.2. The summed E-state index contributed by atoms with van der Waals surface area (Å²) in [4.78, 5) is 26.1. The fourth-order valence-electron chi connectivity index (χ4n) is 4.17. The topological polar surface area (TPSA) is 118 Å². The Labute approximate surface area is 201 Å². The number of amides is 1. The number of aromatic nitrogens is 2. The summed E-state index contributed by atoms with van der Waals surface area (Å²) in [5, 5.41) is 9.03. The van der Waals surface area contributed by atoms with Crippen molar-refractivity contribution in [3.05, 3.63) is 67.0 Å². The van der Waals surface area contributed by atoms with Crippen LogP contribution in [0.5, 0.6) is 0 Å². The van der Waals surface area contributed by atoms with Crippen LogP contribution < -0.4 is 15.4 Å². The van der Waals surface area contributed by atoms with Crippen LogP contribution in [-0.2, 0) is 14.8 Å². The molecule has 2 aromatic carbocycles. The van der Waals surface area contributed by atoms with Crippen molar-refractivity contribution < 1.29 is 13.2 Å². The number of hydrogen-bond donors (Lipinski definition) is 2. The van der Waals surface area contributed by atoms with Gasteiger partial charge < -0.3 is 10.2 Å². The van der Waals surface area contributed by atoms with Gasteiger partial charge in [0.2, 0.25) is 15.9 Å². The minimum Gasteiger partial charge on any atom is -0.356 e. The van der Waals surface area contributed by atoms with Gasteiger partial charge in [-0.15, -0.1) is 11.3 Å². The van der Waals surface area contributed by atoms with Crippen LogP contribution in [0.1, 0.15) is 12.8 Å². The molecule has 0 aliphatic carbocycles. The van der Waals surface area contributed by atoms with Crippen LogP contribution in [0.15, 0.2) is 71.9 Å². The van der Waals surface area contributed by atoms with Crippen LogP contribution in [0.25, 0.3) is 20.7 Å². The number of fused-ring (bicyclic) bond motifs is 1. The van der Waals surface area contributed by atoms with E-state index in [1.807, 2.05) is 18.2 Å². The molecule has 34 heavy (non-hydrogen) atoms. The first-order valence-corrected chi connectivity index (χ1v) is 13.2. The highest BCUT2D eigenvalue weighted by atomic mass is 32.2. The standard InChI is InChI=1S/C24H23N5O3S2/c25-34(31,32)19-8-6-18(7-9-19)28-23(30)17-10-12-29(13-11-17)22-20-14-21(16-4-2-1-3-5-16)33-24(20)27-15-26-22/h1-9,14-15,17H,10-13H2,(H,28,30)(H2,25,31,32). The number of sulfonamides is 1. The van der Waals surface area contributed by atoms with E-state index in [-0.39, 0.29) is 16.7 Å². The van der Waals surface area contributed by atoms with E-state index in [0.29, 0.717) is 31.6 Å². The molecule has 5 rings (SSSR count). The van der Waals surface area contributed by atoms with Crippen LogP contribution in [-0.4, -0.2) is 37.4 Å². The maximum atomic E-state index is 12.8. The summed E-state index contributed by atoms with van der Waals surface area (Å²) in [5.41, 5.74) is 1.70. The van der Waals surface area contributed by atoms with Gasteiger partial charge in [-0.1, -0.05) is 30.3 Å². The van der Waals surface area contributed by atoms with E-state index < -0.39 is 10.0 Å². The Balaban J connectivity index is 1.26. The molecule has 1 aliphatic heterocycles. The second-order valence-electron chi connectivity index (χ2n) is 8.21. The van der Waals surface area contributed by atoms with Gasteiger partial charge in [0.05, 0.1) is 10.3 Å². The molecule has 3 heterocycles. The second-order valence-corrected chi connectivity index (χ2v) is 10.8. The van der Waals surface area contributed by atoms with Crippen molar-refractivity contribution >= 4 is 49.0 Å². The van der Waals surface area contributed by atoms with Gasteiger partial charge in [-0.25, -0.2) is 23.5 Å². The van der Waals surface area contributed by atoms with Crippen LogP contribution in [0.3, 0.4) is 0 Å². The molecule has 0 saturated carbocycles. The molecule has 0 radical (unpaired) electrons. The predicted molar refractivity (Wildman–Crippen MR) is 134 cm³/mol. The molecule has 0 unspecified atom stereocenters. The molecule has 1 aliphatic rings. The van der Waals surface area contributed by atoms with Crippen molar-refractivity contribution in [2.75, 3.05) is 23.3 Å². The van der Waals surface area contributed by atoms with Gasteiger partial charge in [-0.3, -0.25) is 4.79 Å². The molecule has 174 valence electrons. The summed E-state index contributed by atoms with van der Waals surface area (Å²) in [6.07, 6.45) is 3.00. The summed E-state index contributed by atoms with van der Waals surface area (Å²) in [6.45, 7) is 1.43. The Morgan fingerprint density at radius 3 is 2.41 bits per heavy atom. The van der Waals surface area contributed by atoms with Crippen molar-refractivity contribution in [1.29, 1.82) is 0 Å². The summed E-state index contributed by atoms with van der Waals surface area (Å²) in [6, 6.07) is 18.2. The third-order valence-electron chi connectivity index (χ3n) is 5.98. The molecular formula is C24H23N5O3S2. The SMILES string of the molecule is NS(=O)(=O)c1ccc(NC(=O)C2CCN(c3ncnc4sc(-c5ccccc5)cc34)CC2)cc1. The van der Waals surface area contributed by atoms with Gasteiger partial charge >= 0.3 is 0 Å². The average molecular weight is 494 g/mol. The fourth-order valence-corrected chi connectivity index (χ4v) is 5.68. The first-order valence-electron chi connectivity index (χ1n) is 10.9. The molecule has 3 N–H and O–H groups in total. The number of primary sulfonamides is 1. The number of nitrogens with one attached hydrogen (secondary N) is 1. The van der Waals surface area contributed by atoms with Crippen molar-refractivity contribution in [3.8, 4) is 10.4 Å². The van der Waals surface area contributed by atoms with E-state index in [4.69, 9.17) is 5.14 Å². The van der Waals surface area contributed by atoms with Crippen LogP contribution >= 0.6 is 11.3 Å². The highest BCUT2D eigenvalue weighted by Gasteiger charge is 2.27. The number of rotatable bonds is 5. The lowest BCUT2D eigenvalue weighted by molar-refractivity contribution is -0.120. The normalized spacial score (nSPS) is 14.9. The van der Waals surface area contributed by atoms with Gasteiger partial charge in [0.1, 0.15) is 17.0 Å². The fraction of sp³-hybridized carbons (Fsp3) is 0.208. The molecule has 0 bridgehead atoms. The van der Waals surface area contributed by atoms with E-state index in [0.717, 1.165) is 26.5 Å². The third-order valence-corrected chi connectivity index (χ3v) is 8.00.